The summed E-state index contributed by atoms with van der Waals surface area (Å²) in [5, 5.41) is 0.774. The van der Waals surface area contributed by atoms with Gasteiger partial charge in [-0.2, -0.15) is 0 Å². The molecule has 0 aromatic heterocycles. The van der Waals surface area contributed by atoms with Crippen LogP contribution in [0.3, 0.4) is 0 Å². The van der Waals surface area contributed by atoms with E-state index in [1.54, 1.807) is 0 Å². The maximum atomic E-state index is 6.34. The van der Waals surface area contributed by atoms with E-state index in [-0.39, 0.29) is 21.2 Å². The van der Waals surface area contributed by atoms with Gasteiger partial charge in [-0.1, -0.05) is 62.3 Å². The fourth-order valence-electron chi connectivity index (χ4n) is 5.01. The molecule has 0 aromatic carbocycles. The van der Waals surface area contributed by atoms with E-state index in [0.29, 0.717) is 0 Å². The zero-order valence-electron chi connectivity index (χ0n) is 17.0. The molecule has 0 rings (SSSR count). The average molecular weight is 332 g/mol. The molecule has 0 unspecified atom stereocenters. The van der Waals surface area contributed by atoms with Crippen LogP contribution in [0, 0.1) is 0 Å². The maximum absolute atomic E-state index is 6.34. The van der Waals surface area contributed by atoms with Crippen LogP contribution >= 0.6 is 0 Å². The number of rotatable bonds is 4. The van der Waals surface area contributed by atoms with Crippen molar-refractivity contribution in [2.24, 2.45) is 0 Å². The molecule has 0 atom stereocenters. The standard InChI is InChI=1S/C17H41NOSi2/c1-14(2)19-20(12,13)18-21(15(3,4)5,16(6,7)8)17(9,10)11/h14,18H,1-13H3. The highest BCUT2D eigenvalue weighted by Gasteiger charge is 2.61. The third kappa shape index (κ3) is 4.66. The van der Waals surface area contributed by atoms with E-state index in [1.807, 2.05) is 0 Å². The predicted octanol–water partition coefficient (Wildman–Crippen LogP) is 6.05. The summed E-state index contributed by atoms with van der Waals surface area (Å²) in [7, 11) is -3.84. The SMILES string of the molecule is CC(C)O[Si](C)(C)N[Si](C(C)(C)C)(C(C)(C)C)C(C)(C)C. The van der Waals surface area contributed by atoms with E-state index < -0.39 is 16.7 Å². The normalized spacial score (nSPS) is 15.7. The van der Waals surface area contributed by atoms with E-state index in [1.165, 1.54) is 0 Å². The Morgan fingerprint density at radius 1 is 0.714 bits per heavy atom. The molecule has 2 nitrogen and oxygen atoms in total. The fourth-order valence-corrected chi connectivity index (χ4v) is 21.3. The number of nitrogens with one attached hydrogen (secondary N) is 1. The summed E-state index contributed by atoms with van der Waals surface area (Å²) >= 11 is 0. The van der Waals surface area contributed by atoms with Crippen molar-refractivity contribution >= 4 is 16.7 Å². The first-order valence-corrected chi connectivity index (χ1v) is 13.3. The van der Waals surface area contributed by atoms with Gasteiger partial charge < -0.3 is 9.07 Å². The smallest absolute Gasteiger partial charge is 0.256 e. The maximum Gasteiger partial charge on any atom is 0.256 e. The molecule has 0 radical (unpaired) electrons. The second-order valence-electron chi connectivity index (χ2n) is 10.3. The molecule has 0 heterocycles. The summed E-state index contributed by atoms with van der Waals surface area (Å²) in [5.41, 5.74) is 0. The van der Waals surface area contributed by atoms with Gasteiger partial charge in [-0.3, -0.25) is 0 Å². The Labute approximate surface area is 136 Å². The first-order valence-electron chi connectivity index (χ1n) is 8.34. The molecule has 0 saturated heterocycles. The molecule has 0 fully saturated rings. The highest BCUT2D eigenvalue weighted by molar-refractivity contribution is 6.94. The molecular formula is C17H41NOSi2. The van der Waals surface area contributed by atoms with Gasteiger partial charge >= 0.3 is 0 Å². The molecule has 21 heavy (non-hydrogen) atoms. The topological polar surface area (TPSA) is 21.3 Å². The molecule has 0 spiro atoms. The molecule has 0 aromatic rings. The Hall–Kier alpha value is 0.354. The van der Waals surface area contributed by atoms with Gasteiger partial charge in [-0.25, -0.2) is 0 Å². The van der Waals surface area contributed by atoms with Gasteiger partial charge in [0.15, 0.2) is 0 Å². The van der Waals surface area contributed by atoms with Crippen LogP contribution in [-0.2, 0) is 4.43 Å². The van der Waals surface area contributed by atoms with Gasteiger partial charge in [0.2, 0.25) is 0 Å². The average Bonchev–Trinajstić information content (AvgIpc) is 2.05. The Balaban J connectivity index is 6.08. The van der Waals surface area contributed by atoms with Crippen molar-refractivity contribution < 1.29 is 4.43 Å². The predicted molar refractivity (Wildman–Crippen MR) is 102 cm³/mol. The third-order valence-electron chi connectivity index (χ3n) is 4.39. The lowest BCUT2D eigenvalue weighted by molar-refractivity contribution is 0.227. The minimum absolute atomic E-state index is 0.258. The molecule has 0 aliphatic carbocycles. The van der Waals surface area contributed by atoms with Crippen molar-refractivity contribution in [1.82, 2.24) is 4.65 Å². The first kappa shape index (κ1) is 21.4. The van der Waals surface area contributed by atoms with Crippen molar-refractivity contribution in [2.45, 2.75) is 110 Å². The molecule has 0 saturated carbocycles. The lowest BCUT2D eigenvalue weighted by Gasteiger charge is -2.61. The second-order valence-corrected chi connectivity index (χ2v) is 20.6. The second kappa shape index (κ2) is 6.10. The van der Waals surface area contributed by atoms with Crippen LogP contribution in [0.5, 0.6) is 0 Å². The Bertz CT molecular complexity index is 307. The molecular weight excluding hydrogens is 290 g/mol. The molecule has 0 aliphatic heterocycles. The summed E-state index contributed by atoms with van der Waals surface area (Å²) in [6.07, 6.45) is 0.283. The van der Waals surface area contributed by atoms with Crippen molar-refractivity contribution in [3.05, 3.63) is 0 Å². The lowest BCUT2D eigenvalue weighted by Crippen LogP contribution is -2.75. The van der Waals surface area contributed by atoms with Crippen LogP contribution in [0.2, 0.25) is 28.2 Å². The van der Waals surface area contributed by atoms with Gasteiger partial charge in [-0.05, 0) is 42.1 Å². The van der Waals surface area contributed by atoms with Crippen molar-refractivity contribution in [1.29, 1.82) is 0 Å². The highest BCUT2D eigenvalue weighted by Crippen LogP contribution is 2.60. The van der Waals surface area contributed by atoms with Gasteiger partial charge in [0.1, 0.15) is 8.24 Å². The van der Waals surface area contributed by atoms with E-state index >= 15 is 0 Å². The number of hydrogen-bond acceptors (Lipinski definition) is 2. The minimum Gasteiger partial charge on any atom is -0.402 e. The van der Waals surface area contributed by atoms with Crippen LogP contribution in [0.1, 0.15) is 76.2 Å². The molecule has 4 heteroatoms. The van der Waals surface area contributed by atoms with Crippen LogP contribution in [0.25, 0.3) is 0 Å². The zero-order chi connectivity index (χ0) is 17.5. The van der Waals surface area contributed by atoms with Crippen LogP contribution in [-0.4, -0.2) is 22.8 Å². The molecule has 0 aliphatic rings. The quantitative estimate of drug-likeness (QED) is 0.633. The van der Waals surface area contributed by atoms with Gasteiger partial charge in [0.05, 0.1) is 0 Å². The summed E-state index contributed by atoms with van der Waals surface area (Å²) in [5.74, 6) is 0. The number of hydrogen-bond donors (Lipinski definition) is 1. The zero-order valence-corrected chi connectivity index (χ0v) is 19.0. The van der Waals surface area contributed by atoms with Gasteiger partial charge in [0.25, 0.3) is 8.48 Å². The van der Waals surface area contributed by atoms with Gasteiger partial charge in [-0.15, -0.1) is 0 Å². The van der Waals surface area contributed by atoms with E-state index in [2.05, 4.69) is 93.9 Å². The minimum atomic E-state index is -1.92. The lowest BCUT2D eigenvalue weighted by atomic mass is 10.2. The Morgan fingerprint density at radius 2 is 1.00 bits per heavy atom. The van der Waals surface area contributed by atoms with E-state index in [4.69, 9.17) is 4.43 Å². The Morgan fingerprint density at radius 3 is 1.19 bits per heavy atom. The summed E-state index contributed by atoms with van der Waals surface area (Å²) < 4.78 is 10.6. The summed E-state index contributed by atoms with van der Waals surface area (Å²) in [6, 6.07) is 0. The van der Waals surface area contributed by atoms with Gasteiger partial charge in [0, 0.05) is 6.10 Å². The van der Waals surface area contributed by atoms with Crippen molar-refractivity contribution in [3.63, 3.8) is 0 Å². The monoisotopic (exact) mass is 331 g/mol. The van der Waals surface area contributed by atoms with Crippen LogP contribution < -0.4 is 4.65 Å². The van der Waals surface area contributed by atoms with Crippen molar-refractivity contribution in [2.75, 3.05) is 0 Å². The fraction of sp³-hybridized carbons (Fsp3) is 1.00. The summed E-state index contributed by atoms with van der Waals surface area (Å²) in [6.45, 7) is 30.7. The largest absolute Gasteiger partial charge is 0.402 e. The highest BCUT2D eigenvalue weighted by atomic mass is 28.4. The Kier molecular flexibility index (Phi) is 6.20. The van der Waals surface area contributed by atoms with E-state index in [0.717, 1.165) is 0 Å². The first-order chi connectivity index (χ1) is 8.87. The summed E-state index contributed by atoms with van der Waals surface area (Å²) in [4.78, 5) is 0. The van der Waals surface area contributed by atoms with Crippen LogP contribution in [0.15, 0.2) is 0 Å². The molecule has 0 bridgehead atoms. The molecule has 128 valence electrons. The van der Waals surface area contributed by atoms with Crippen LogP contribution in [0.4, 0.5) is 0 Å². The molecule has 0 amide bonds. The molecule has 1 N–H and O–H groups in total. The third-order valence-corrected chi connectivity index (χ3v) is 16.1. The van der Waals surface area contributed by atoms with E-state index in [9.17, 15) is 0 Å². The van der Waals surface area contributed by atoms with Crippen molar-refractivity contribution in [3.8, 4) is 0 Å².